The van der Waals surface area contributed by atoms with Crippen LogP contribution in [0.25, 0.3) is 5.69 Å². The quantitative estimate of drug-likeness (QED) is 0.425. The lowest BCUT2D eigenvalue weighted by Gasteiger charge is -2.23. The molecule has 0 bridgehead atoms. The molecular formula is C17H24IN5. The van der Waals surface area contributed by atoms with E-state index in [1.807, 2.05) is 41.2 Å². The Morgan fingerprint density at radius 1 is 1.30 bits per heavy atom. The van der Waals surface area contributed by atoms with Crippen LogP contribution in [0.15, 0.2) is 47.7 Å². The minimum atomic E-state index is 0. The number of benzene rings is 1. The summed E-state index contributed by atoms with van der Waals surface area (Å²) in [6.07, 6.45) is 8.78. The molecular weight excluding hydrogens is 401 g/mol. The number of aliphatic imine (C=N–C) groups is 1. The Hall–Kier alpha value is -1.57. The summed E-state index contributed by atoms with van der Waals surface area (Å²) in [6.45, 7) is 1.64. The van der Waals surface area contributed by atoms with E-state index in [2.05, 4.69) is 21.6 Å². The highest BCUT2D eigenvalue weighted by atomic mass is 127. The summed E-state index contributed by atoms with van der Waals surface area (Å²) in [7, 11) is 0. The van der Waals surface area contributed by atoms with Gasteiger partial charge in [-0.15, -0.1) is 24.0 Å². The van der Waals surface area contributed by atoms with Crippen molar-refractivity contribution in [3.05, 3.63) is 48.3 Å². The fourth-order valence-electron chi connectivity index (χ4n) is 2.50. The molecule has 2 aromatic rings. The third-order valence-corrected chi connectivity index (χ3v) is 4.12. The Kier molecular flexibility index (Phi) is 6.88. The monoisotopic (exact) mass is 425 g/mol. The van der Waals surface area contributed by atoms with Crippen molar-refractivity contribution in [2.75, 3.05) is 13.1 Å². The van der Waals surface area contributed by atoms with Crippen molar-refractivity contribution in [3.8, 4) is 5.69 Å². The minimum absolute atomic E-state index is 0. The second-order valence-electron chi connectivity index (χ2n) is 5.83. The molecule has 1 aromatic heterocycles. The fourth-order valence-corrected chi connectivity index (χ4v) is 2.50. The van der Waals surface area contributed by atoms with Crippen LogP contribution in [0.2, 0.25) is 0 Å². The molecule has 5 nitrogen and oxygen atoms in total. The van der Waals surface area contributed by atoms with Crippen molar-refractivity contribution in [1.82, 2.24) is 15.1 Å². The fraction of sp³-hybridized carbons (Fsp3) is 0.412. The van der Waals surface area contributed by atoms with Crippen molar-refractivity contribution in [1.29, 1.82) is 0 Å². The average Bonchev–Trinajstić information content (AvgIpc) is 2.95. The van der Waals surface area contributed by atoms with Crippen LogP contribution in [-0.4, -0.2) is 28.8 Å². The van der Waals surface area contributed by atoms with Crippen LogP contribution in [0, 0.1) is 5.92 Å². The maximum Gasteiger partial charge on any atom is 0.188 e. The van der Waals surface area contributed by atoms with Gasteiger partial charge in [-0.2, -0.15) is 5.10 Å². The number of halogens is 1. The van der Waals surface area contributed by atoms with Crippen molar-refractivity contribution < 1.29 is 0 Å². The van der Waals surface area contributed by atoms with E-state index in [9.17, 15) is 0 Å². The molecule has 1 saturated carbocycles. The second-order valence-corrected chi connectivity index (χ2v) is 5.83. The molecule has 3 rings (SSSR count). The summed E-state index contributed by atoms with van der Waals surface area (Å²) >= 11 is 0. The molecule has 1 heterocycles. The van der Waals surface area contributed by atoms with E-state index < -0.39 is 0 Å². The summed E-state index contributed by atoms with van der Waals surface area (Å²) in [5, 5.41) is 7.56. The van der Waals surface area contributed by atoms with Gasteiger partial charge in [0.15, 0.2) is 5.96 Å². The first-order valence-electron chi connectivity index (χ1n) is 7.94. The van der Waals surface area contributed by atoms with E-state index in [0.29, 0.717) is 5.96 Å². The topological polar surface area (TPSA) is 68.2 Å². The SMILES string of the molecule is I.NC(=NCC1CCC1)NCCc1cnn(-c2ccccc2)c1. The third kappa shape index (κ3) is 5.23. The first-order valence-corrected chi connectivity index (χ1v) is 7.94. The van der Waals surface area contributed by atoms with Crippen LogP contribution < -0.4 is 11.1 Å². The summed E-state index contributed by atoms with van der Waals surface area (Å²) in [4.78, 5) is 4.39. The number of rotatable bonds is 6. The molecule has 0 radical (unpaired) electrons. The number of hydrogen-bond donors (Lipinski definition) is 2. The number of nitrogens with zero attached hydrogens (tertiary/aromatic N) is 3. The zero-order chi connectivity index (χ0) is 15.2. The van der Waals surface area contributed by atoms with Gasteiger partial charge in [-0.1, -0.05) is 24.6 Å². The van der Waals surface area contributed by atoms with Gasteiger partial charge in [-0.25, -0.2) is 4.68 Å². The number of para-hydroxylation sites is 1. The van der Waals surface area contributed by atoms with Crippen LogP contribution >= 0.6 is 24.0 Å². The van der Waals surface area contributed by atoms with Gasteiger partial charge < -0.3 is 11.1 Å². The van der Waals surface area contributed by atoms with Gasteiger partial charge in [0, 0.05) is 19.3 Å². The van der Waals surface area contributed by atoms with Gasteiger partial charge in [-0.05, 0) is 42.9 Å². The number of hydrogen-bond acceptors (Lipinski definition) is 2. The molecule has 23 heavy (non-hydrogen) atoms. The van der Waals surface area contributed by atoms with Crippen molar-refractivity contribution in [2.45, 2.75) is 25.7 Å². The molecule has 0 unspecified atom stereocenters. The number of guanidine groups is 1. The Bertz CT molecular complexity index is 619. The van der Waals surface area contributed by atoms with Gasteiger partial charge in [-0.3, -0.25) is 4.99 Å². The van der Waals surface area contributed by atoms with E-state index >= 15 is 0 Å². The average molecular weight is 425 g/mol. The highest BCUT2D eigenvalue weighted by molar-refractivity contribution is 14.0. The van der Waals surface area contributed by atoms with Crippen LogP contribution in [0.1, 0.15) is 24.8 Å². The highest BCUT2D eigenvalue weighted by Crippen LogP contribution is 2.26. The zero-order valence-electron chi connectivity index (χ0n) is 13.2. The van der Waals surface area contributed by atoms with Gasteiger partial charge in [0.2, 0.25) is 0 Å². The van der Waals surface area contributed by atoms with Gasteiger partial charge in [0.05, 0.1) is 11.9 Å². The first-order chi connectivity index (χ1) is 10.8. The summed E-state index contributed by atoms with van der Waals surface area (Å²) in [5.41, 5.74) is 8.14. The predicted octanol–water partition coefficient (Wildman–Crippen LogP) is 2.74. The van der Waals surface area contributed by atoms with Gasteiger partial charge >= 0.3 is 0 Å². The Balaban J connectivity index is 0.00000192. The molecule has 0 atom stereocenters. The van der Waals surface area contributed by atoms with Crippen LogP contribution in [0.4, 0.5) is 0 Å². The molecule has 0 amide bonds. The smallest absolute Gasteiger partial charge is 0.188 e. The summed E-state index contributed by atoms with van der Waals surface area (Å²) in [6, 6.07) is 10.1. The largest absolute Gasteiger partial charge is 0.370 e. The molecule has 0 aliphatic heterocycles. The van der Waals surface area contributed by atoms with Crippen molar-refractivity contribution in [3.63, 3.8) is 0 Å². The molecule has 124 valence electrons. The molecule has 6 heteroatoms. The first kappa shape index (κ1) is 17.8. The summed E-state index contributed by atoms with van der Waals surface area (Å²) < 4.78 is 1.89. The minimum Gasteiger partial charge on any atom is -0.370 e. The Morgan fingerprint density at radius 3 is 2.78 bits per heavy atom. The van der Waals surface area contributed by atoms with Crippen LogP contribution in [0.3, 0.4) is 0 Å². The maximum absolute atomic E-state index is 5.88. The summed E-state index contributed by atoms with van der Waals surface area (Å²) in [5.74, 6) is 1.31. The van der Waals surface area contributed by atoms with E-state index in [-0.39, 0.29) is 24.0 Å². The third-order valence-electron chi connectivity index (χ3n) is 4.12. The molecule has 1 fully saturated rings. The van der Waals surface area contributed by atoms with Crippen LogP contribution in [0.5, 0.6) is 0 Å². The van der Waals surface area contributed by atoms with E-state index in [1.165, 1.54) is 24.8 Å². The molecule has 1 aliphatic carbocycles. The van der Waals surface area contributed by atoms with Gasteiger partial charge in [0.1, 0.15) is 0 Å². The lowest BCUT2D eigenvalue weighted by atomic mass is 9.86. The molecule has 0 spiro atoms. The lowest BCUT2D eigenvalue weighted by Crippen LogP contribution is -2.34. The maximum atomic E-state index is 5.88. The standard InChI is InChI=1S/C17H23N5.HI/c18-17(20-11-14-5-4-6-14)19-10-9-15-12-21-22(13-15)16-7-2-1-3-8-16;/h1-3,7-8,12-14H,4-6,9-11H2,(H3,18,19,20);1H. The Labute approximate surface area is 154 Å². The van der Waals surface area contributed by atoms with E-state index in [4.69, 9.17) is 5.73 Å². The normalized spacial score (nSPS) is 14.9. The predicted molar refractivity (Wildman–Crippen MR) is 105 cm³/mol. The zero-order valence-corrected chi connectivity index (χ0v) is 15.5. The Morgan fingerprint density at radius 2 is 2.09 bits per heavy atom. The molecule has 1 aromatic carbocycles. The molecule has 0 saturated heterocycles. The van der Waals surface area contributed by atoms with Crippen molar-refractivity contribution >= 4 is 29.9 Å². The van der Waals surface area contributed by atoms with E-state index in [0.717, 1.165) is 31.1 Å². The number of aromatic nitrogens is 2. The molecule has 1 aliphatic rings. The number of nitrogens with one attached hydrogen (secondary N) is 1. The highest BCUT2D eigenvalue weighted by Gasteiger charge is 2.16. The lowest BCUT2D eigenvalue weighted by molar-refractivity contribution is 0.326. The second kappa shape index (κ2) is 8.90. The van der Waals surface area contributed by atoms with Crippen LogP contribution in [-0.2, 0) is 6.42 Å². The van der Waals surface area contributed by atoms with Gasteiger partial charge in [0.25, 0.3) is 0 Å². The number of nitrogens with two attached hydrogens (primary N) is 1. The molecule has 3 N–H and O–H groups in total. The van der Waals surface area contributed by atoms with E-state index in [1.54, 1.807) is 0 Å². The van der Waals surface area contributed by atoms with Crippen molar-refractivity contribution in [2.24, 2.45) is 16.6 Å².